The monoisotopic (exact) mass is 362 g/mol. The SMILES string of the molecule is COc1cccc(CNC(=O)CNc2ccc(Br)c(C)c2)c1. The van der Waals surface area contributed by atoms with E-state index < -0.39 is 0 Å². The van der Waals surface area contributed by atoms with E-state index in [-0.39, 0.29) is 12.5 Å². The van der Waals surface area contributed by atoms with Crippen LogP contribution in [0.4, 0.5) is 5.69 Å². The van der Waals surface area contributed by atoms with Crippen LogP contribution >= 0.6 is 15.9 Å². The molecule has 116 valence electrons. The van der Waals surface area contributed by atoms with E-state index in [2.05, 4.69) is 26.6 Å². The maximum absolute atomic E-state index is 11.9. The van der Waals surface area contributed by atoms with Gasteiger partial charge in [0, 0.05) is 16.7 Å². The van der Waals surface area contributed by atoms with E-state index >= 15 is 0 Å². The first-order valence-corrected chi connectivity index (χ1v) is 7.77. The van der Waals surface area contributed by atoms with Crippen molar-refractivity contribution in [1.29, 1.82) is 0 Å². The van der Waals surface area contributed by atoms with Gasteiger partial charge in [-0.25, -0.2) is 0 Å². The lowest BCUT2D eigenvalue weighted by molar-refractivity contribution is -0.119. The fraction of sp³-hybridized carbons (Fsp3) is 0.235. The van der Waals surface area contributed by atoms with Gasteiger partial charge in [0.1, 0.15) is 5.75 Å². The van der Waals surface area contributed by atoms with Crippen molar-refractivity contribution in [1.82, 2.24) is 5.32 Å². The van der Waals surface area contributed by atoms with Crippen molar-refractivity contribution in [3.63, 3.8) is 0 Å². The summed E-state index contributed by atoms with van der Waals surface area (Å²) in [7, 11) is 1.63. The second kappa shape index (κ2) is 7.84. The standard InChI is InChI=1S/C17H19BrN2O2/c1-12-8-14(6-7-16(12)18)19-11-17(21)20-10-13-4-3-5-15(9-13)22-2/h3-9,19H,10-11H2,1-2H3,(H,20,21). The normalized spacial score (nSPS) is 10.1. The molecule has 0 saturated carbocycles. The third-order valence-electron chi connectivity index (χ3n) is 3.23. The third-order valence-corrected chi connectivity index (χ3v) is 4.12. The minimum Gasteiger partial charge on any atom is -0.497 e. The Morgan fingerprint density at radius 1 is 1.23 bits per heavy atom. The zero-order valence-electron chi connectivity index (χ0n) is 12.7. The molecule has 0 aliphatic heterocycles. The average Bonchev–Trinajstić information content (AvgIpc) is 2.54. The lowest BCUT2D eigenvalue weighted by Crippen LogP contribution is -2.29. The molecule has 0 radical (unpaired) electrons. The van der Waals surface area contributed by atoms with Crippen LogP contribution in [0.3, 0.4) is 0 Å². The topological polar surface area (TPSA) is 50.4 Å². The van der Waals surface area contributed by atoms with E-state index in [0.717, 1.165) is 27.0 Å². The highest BCUT2D eigenvalue weighted by atomic mass is 79.9. The number of carbonyl (C=O) groups is 1. The van der Waals surface area contributed by atoms with Crippen LogP contribution in [0, 0.1) is 6.92 Å². The second-order valence-corrected chi connectivity index (χ2v) is 5.80. The quantitative estimate of drug-likeness (QED) is 0.826. The molecule has 2 aromatic carbocycles. The van der Waals surface area contributed by atoms with Crippen LogP contribution in [0.15, 0.2) is 46.9 Å². The van der Waals surface area contributed by atoms with Crippen LogP contribution in [0.1, 0.15) is 11.1 Å². The Bertz CT molecular complexity index is 659. The number of aryl methyl sites for hydroxylation is 1. The fourth-order valence-electron chi connectivity index (χ4n) is 1.98. The molecule has 0 aliphatic carbocycles. The molecule has 0 bridgehead atoms. The van der Waals surface area contributed by atoms with Crippen molar-refractivity contribution in [2.24, 2.45) is 0 Å². The predicted molar refractivity (Wildman–Crippen MR) is 92.2 cm³/mol. The molecule has 0 aromatic heterocycles. The van der Waals surface area contributed by atoms with Crippen molar-refractivity contribution < 1.29 is 9.53 Å². The zero-order chi connectivity index (χ0) is 15.9. The molecule has 2 N–H and O–H groups in total. The summed E-state index contributed by atoms with van der Waals surface area (Å²) >= 11 is 3.45. The van der Waals surface area contributed by atoms with Gasteiger partial charge in [-0.1, -0.05) is 28.1 Å². The lowest BCUT2D eigenvalue weighted by Gasteiger charge is -2.09. The van der Waals surface area contributed by atoms with Crippen molar-refractivity contribution in [2.75, 3.05) is 19.0 Å². The number of amides is 1. The molecular formula is C17H19BrN2O2. The van der Waals surface area contributed by atoms with Crippen LogP contribution in [0.2, 0.25) is 0 Å². The first-order valence-electron chi connectivity index (χ1n) is 6.98. The molecule has 1 amide bonds. The van der Waals surface area contributed by atoms with E-state index in [1.54, 1.807) is 7.11 Å². The molecular weight excluding hydrogens is 344 g/mol. The maximum atomic E-state index is 11.9. The third kappa shape index (κ3) is 4.77. The Morgan fingerprint density at radius 3 is 2.77 bits per heavy atom. The summed E-state index contributed by atoms with van der Waals surface area (Å²) in [5.74, 6) is 0.735. The summed E-state index contributed by atoms with van der Waals surface area (Å²) in [6, 6.07) is 13.5. The van der Waals surface area contributed by atoms with Gasteiger partial charge in [0.25, 0.3) is 0 Å². The van der Waals surface area contributed by atoms with Gasteiger partial charge in [0.05, 0.1) is 13.7 Å². The highest BCUT2D eigenvalue weighted by Crippen LogP contribution is 2.19. The molecule has 0 saturated heterocycles. The van der Waals surface area contributed by atoms with Gasteiger partial charge >= 0.3 is 0 Å². The Kier molecular flexibility index (Phi) is 5.83. The fourth-order valence-corrected chi connectivity index (χ4v) is 2.23. The predicted octanol–water partition coefficient (Wildman–Crippen LogP) is 3.49. The highest BCUT2D eigenvalue weighted by Gasteiger charge is 2.03. The van der Waals surface area contributed by atoms with Crippen molar-refractivity contribution in [3.05, 3.63) is 58.1 Å². The summed E-state index contributed by atoms with van der Waals surface area (Å²) in [4.78, 5) is 11.9. The van der Waals surface area contributed by atoms with Gasteiger partial charge in [-0.3, -0.25) is 4.79 Å². The van der Waals surface area contributed by atoms with Crippen molar-refractivity contribution in [2.45, 2.75) is 13.5 Å². The van der Waals surface area contributed by atoms with Gasteiger partial charge in [0.15, 0.2) is 0 Å². The Labute approximate surface area is 139 Å². The largest absolute Gasteiger partial charge is 0.497 e. The van der Waals surface area contributed by atoms with Crippen LogP contribution in [0.25, 0.3) is 0 Å². The molecule has 0 atom stereocenters. The Balaban J connectivity index is 1.81. The summed E-state index contributed by atoms with van der Waals surface area (Å²) < 4.78 is 6.21. The summed E-state index contributed by atoms with van der Waals surface area (Å²) in [6.45, 7) is 2.74. The first-order chi connectivity index (χ1) is 10.6. The summed E-state index contributed by atoms with van der Waals surface area (Å²) in [5.41, 5.74) is 3.06. The summed E-state index contributed by atoms with van der Waals surface area (Å²) in [6.07, 6.45) is 0. The lowest BCUT2D eigenvalue weighted by atomic mass is 10.2. The molecule has 4 nitrogen and oxygen atoms in total. The van der Waals surface area contributed by atoms with Crippen molar-refractivity contribution >= 4 is 27.5 Å². The maximum Gasteiger partial charge on any atom is 0.239 e. The molecule has 0 unspecified atom stereocenters. The van der Waals surface area contributed by atoms with E-state index in [0.29, 0.717) is 6.54 Å². The van der Waals surface area contributed by atoms with E-state index in [9.17, 15) is 4.79 Å². The number of ether oxygens (including phenoxy) is 1. The number of anilines is 1. The van der Waals surface area contributed by atoms with E-state index in [1.807, 2.05) is 49.4 Å². The Morgan fingerprint density at radius 2 is 2.05 bits per heavy atom. The number of nitrogens with one attached hydrogen (secondary N) is 2. The van der Waals surface area contributed by atoms with Gasteiger partial charge < -0.3 is 15.4 Å². The molecule has 0 spiro atoms. The molecule has 0 fully saturated rings. The van der Waals surface area contributed by atoms with Gasteiger partial charge in [-0.2, -0.15) is 0 Å². The minimum absolute atomic E-state index is 0.0524. The Hall–Kier alpha value is -2.01. The van der Waals surface area contributed by atoms with Crippen LogP contribution < -0.4 is 15.4 Å². The number of benzene rings is 2. The number of hydrogen-bond acceptors (Lipinski definition) is 3. The first kappa shape index (κ1) is 16.4. The zero-order valence-corrected chi connectivity index (χ0v) is 14.2. The number of halogens is 1. The summed E-state index contributed by atoms with van der Waals surface area (Å²) in [5, 5.41) is 5.99. The molecule has 2 aromatic rings. The molecule has 5 heteroatoms. The van der Waals surface area contributed by atoms with Crippen LogP contribution in [-0.2, 0) is 11.3 Å². The molecule has 22 heavy (non-hydrogen) atoms. The number of rotatable bonds is 6. The molecule has 0 aliphatic rings. The second-order valence-electron chi connectivity index (χ2n) is 4.95. The molecule has 0 heterocycles. The number of carbonyl (C=O) groups excluding carboxylic acids is 1. The molecule has 2 rings (SSSR count). The van der Waals surface area contributed by atoms with E-state index in [1.165, 1.54) is 0 Å². The number of hydrogen-bond donors (Lipinski definition) is 2. The average molecular weight is 363 g/mol. The van der Waals surface area contributed by atoms with Gasteiger partial charge in [-0.05, 0) is 48.4 Å². The smallest absolute Gasteiger partial charge is 0.239 e. The van der Waals surface area contributed by atoms with Gasteiger partial charge in [-0.15, -0.1) is 0 Å². The highest BCUT2D eigenvalue weighted by molar-refractivity contribution is 9.10. The van der Waals surface area contributed by atoms with Crippen molar-refractivity contribution in [3.8, 4) is 5.75 Å². The number of methoxy groups -OCH3 is 1. The van der Waals surface area contributed by atoms with E-state index in [4.69, 9.17) is 4.74 Å². The van der Waals surface area contributed by atoms with Crippen LogP contribution in [0.5, 0.6) is 5.75 Å². The van der Waals surface area contributed by atoms with Crippen LogP contribution in [-0.4, -0.2) is 19.6 Å². The minimum atomic E-state index is -0.0524. The van der Waals surface area contributed by atoms with Gasteiger partial charge in [0.2, 0.25) is 5.91 Å².